The molecule has 2 unspecified atom stereocenters. The molecule has 1 aromatic rings. The summed E-state index contributed by atoms with van der Waals surface area (Å²) in [7, 11) is 0. The number of hydrogen-bond acceptors (Lipinski definition) is 4. The average molecular weight is 295 g/mol. The number of esters is 1. The van der Waals surface area contributed by atoms with Gasteiger partial charge in [0.2, 0.25) is 5.91 Å². The van der Waals surface area contributed by atoms with Gasteiger partial charge in [0.15, 0.2) is 0 Å². The van der Waals surface area contributed by atoms with Gasteiger partial charge < -0.3 is 9.64 Å². The summed E-state index contributed by atoms with van der Waals surface area (Å²) in [6.07, 6.45) is 1.29. The maximum Gasteiger partial charge on any atom is 0.310 e. The number of amides is 1. The molecule has 2 rings (SSSR count). The highest BCUT2D eigenvalue weighted by Crippen LogP contribution is 2.25. The monoisotopic (exact) mass is 295 g/mol. The van der Waals surface area contributed by atoms with Crippen molar-refractivity contribution in [1.29, 1.82) is 0 Å². The van der Waals surface area contributed by atoms with Crippen molar-refractivity contribution in [3.8, 4) is 0 Å². The van der Waals surface area contributed by atoms with Crippen molar-refractivity contribution in [3.63, 3.8) is 0 Å². The molecule has 0 aromatic carbocycles. The van der Waals surface area contributed by atoms with Gasteiger partial charge in [-0.2, -0.15) is 0 Å². The van der Waals surface area contributed by atoms with Crippen molar-refractivity contribution in [3.05, 3.63) is 22.4 Å². The molecule has 1 amide bonds. The van der Waals surface area contributed by atoms with Crippen LogP contribution in [-0.2, 0) is 20.7 Å². The van der Waals surface area contributed by atoms with Gasteiger partial charge in [0, 0.05) is 18.0 Å². The zero-order valence-corrected chi connectivity index (χ0v) is 12.8. The van der Waals surface area contributed by atoms with Crippen LogP contribution in [0.1, 0.15) is 25.1 Å². The third-order valence-corrected chi connectivity index (χ3v) is 4.68. The number of thiophene rings is 1. The lowest BCUT2D eigenvalue weighted by molar-refractivity contribution is -0.153. The first-order chi connectivity index (χ1) is 9.61. The fraction of sp³-hybridized carbons (Fsp3) is 0.600. The highest BCUT2D eigenvalue weighted by atomic mass is 32.1. The molecular weight excluding hydrogens is 274 g/mol. The molecule has 0 N–H and O–H groups in total. The van der Waals surface area contributed by atoms with Gasteiger partial charge in [-0.05, 0) is 30.7 Å². The van der Waals surface area contributed by atoms with Gasteiger partial charge in [0.05, 0.1) is 18.9 Å². The minimum atomic E-state index is -0.184. The smallest absolute Gasteiger partial charge is 0.310 e. The molecule has 2 atom stereocenters. The van der Waals surface area contributed by atoms with Gasteiger partial charge >= 0.3 is 5.97 Å². The Kier molecular flexibility index (Phi) is 5.17. The van der Waals surface area contributed by atoms with E-state index in [4.69, 9.17) is 4.74 Å². The predicted molar refractivity (Wildman–Crippen MR) is 78.5 cm³/mol. The van der Waals surface area contributed by atoms with Crippen LogP contribution in [0.2, 0.25) is 0 Å². The van der Waals surface area contributed by atoms with Crippen molar-refractivity contribution in [2.75, 3.05) is 19.7 Å². The van der Waals surface area contributed by atoms with E-state index in [0.29, 0.717) is 19.6 Å². The Bertz CT molecular complexity index is 458. The van der Waals surface area contributed by atoms with Crippen molar-refractivity contribution in [2.24, 2.45) is 11.8 Å². The van der Waals surface area contributed by atoms with Crippen molar-refractivity contribution < 1.29 is 14.3 Å². The van der Waals surface area contributed by atoms with E-state index in [1.807, 2.05) is 24.4 Å². The summed E-state index contributed by atoms with van der Waals surface area (Å²) >= 11 is 1.59. The molecule has 2 heterocycles. The molecule has 1 aromatic heterocycles. The molecule has 4 nitrogen and oxygen atoms in total. The fourth-order valence-electron chi connectivity index (χ4n) is 2.53. The molecular formula is C15H21NO3S. The number of carbonyl (C=O) groups excluding carboxylic acids is 2. The summed E-state index contributed by atoms with van der Waals surface area (Å²) in [5, 5.41) is 1.97. The Balaban J connectivity index is 1.95. The summed E-state index contributed by atoms with van der Waals surface area (Å²) in [5.74, 6) is 0.0260. The van der Waals surface area contributed by atoms with Crippen LogP contribution in [0.4, 0.5) is 0 Å². The largest absolute Gasteiger partial charge is 0.466 e. The summed E-state index contributed by atoms with van der Waals surface area (Å²) in [6, 6.07) is 3.92. The lowest BCUT2D eigenvalue weighted by Crippen LogP contribution is -2.46. The Morgan fingerprint density at radius 3 is 2.95 bits per heavy atom. The number of hydrogen-bond donors (Lipinski definition) is 0. The molecule has 0 saturated carbocycles. The van der Waals surface area contributed by atoms with Gasteiger partial charge in [-0.3, -0.25) is 9.59 Å². The van der Waals surface area contributed by atoms with Gasteiger partial charge in [-0.25, -0.2) is 0 Å². The maximum absolute atomic E-state index is 12.3. The number of carbonyl (C=O) groups is 2. The van der Waals surface area contributed by atoms with Gasteiger partial charge in [-0.1, -0.05) is 13.0 Å². The van der Waals surface area contributed by atoms with Crippen molar-refractivity contribution in [1.82, 2.24) is 4.90 Å². The minimum absolute atomic E-state index is 0.105. The number of likely N-dealkylation sites (tertiary alicyclic amines) is 1. The second-order valence-corrected chi connectivity index (χ2v) is 6.25. The third kappa shape index (κ3) is 3.60. The van der Waals surface area contributed by atoms with E-state index in [1.165, 1.54) is 0 Å². The van der Waals surface area contributed by atoms with E-state index in [1.54, 1.807) is 16.2 Å². The molecule has 1 saturated heterocycles. The normalized spacial score (nSPS) is 22.6. The molecule has 1 fully saturated rings. The Morgan fingerprint density at radius 1 is 1.50 bits per heavy atom. The Labute approximate surface area is 123 Å². The van der Waals surface area contributed by atoms with Crippen LogP contribution in [0.15, 0.2) is 17.5 Å². The van der Waals surface area contributed by atoms with Crippen LogP contribution in [0.25, 0.3) is 0 Å². The number of piperidine rings is 1. The summed E-state index contributed by atoms with van der Waals surface area (Å²) in [6.45, 7) is 5.49. The zero-order valence-electron chi connectivity index (χ0n) is 12.0. The first-order valence-electron chi connectivity index (χ1n) is 7.08. The van der Waals surface area contributed by atoms with E-state index in [-0.39, 0.29) is 23.7 Å². The standard InChI is InChI=1S/C15H21NO3S/c1-3-19-15(18)13-10-16(7-6-11(13)2)14(17)9-12-5-4-8-20-12/h4-5,8,11,13H,3,6-7,9-10H2,1-2H3. The molecule has 0 bridgehead atoms. The lowest BCUT2D eigenvalue weighted by Gasteiger charge is -2.35. The zero-order chi connectivity index (χ0) is 14.5. The quantitative estimate of drug-likeness (QED) is 0.801. The SMILES string of the molecule is CCOC(=O)C1CN(C(=O)Cc2cccs2)CCC1C. The Hall–Kier alpha value is -1.36. The Morgan fingerprint density at radius 2 is 2.30 bits per heavy atom. The molecule has 1 aliphatic rings. The lowest BCUT2D eigenvalue weighted by atomic mass is 9.87. The van der Waals surface area contributed by atoms with E-state index in [0.717, 1.165) is 17.8 Å². The highest BCUT2D eigenvalue weighted by molar-refractivity contribution is 7.10. The van der Waals surface area contributed by atoms with Crippen LogP contribution < -0.4 is 0 Å². The summed E-state index contributed by atoms with van der Waals surface area (Å²) < 4.78 is 5.11. The topological polar surface area (TPSA) is 46.6 Å². The second-order valence-electron chi connectivity index (χ2n) is 5.22. The van der Waals surface area contributed by atoms with Crippen molar-refractivity contribution in [2.45, 2.75) is 26.7 Å². The molecule has 1 aliphatic heterocycles. The first-order valence-corrected chi connectivity index (χ1v) is 7.96. The first kappa shape index (κ1) is 15.0. The van der Waals surface area contributed by atoms with Crippen LogP contribution >= 0.6 is 11.3 Å². The minimum Gasteiger partial charge on any atom is -0.466 e. The fourth-order valence-corrected chi connectivity index (χ4v) is 3.22. The van der Waals surface area contributed by atoms with Gasteiger partial charge in [0.1, 0.15) is 0 Å². The maximum atomic E-state index is 12.3. The van der Waals surface area contributed by atoms with Crippen LogP contribution in [-0.4, -0.2) is 36.5 Å². The van der Waals surface area contributed by atoms with Crippen LogP contribution in [0.3, 0.4) is 0 Å². The number of nitrogens with zero attached hydrogens (tertiary/aromatic N) is 1. The van der Waals surface area contributed by atoms with E-state index >= 15 is 0 Å². The third-order valence-electron chi connectivity index (χ3n) is 3.81. The molecule has 0 radical (unpaired) electrons. The summed E-state index contributed by atoms with van der Waals surface area (Å²) in [4.78, 5) is 27.1. The molecule has 20 heavy (non-hydrogen) atoms. The second kappa shape index (κ2) is 6.88. The predicted octanol–water partition coefficient (Wildman–Crippen LogP) is 2.34. The molecule has 5 heteroatoms. The number of rotatable bonds is 4. The molecule has 0 spiro atoms. The number of ether oxygens (including phenoxy) is 1. The summed E-state index contributed by atoms with van der Waals surface area (Å²) in [5.41, 5.74) is 0. The van der Waals surface area contributed by atoms with E-state index < -0.39 is 0 Å². The highest BCUT2D eigenvalue weighted by Gasteiger charge is 2.34. The molecule has 110 valence electrons. The van der Waals surface area contributed by atoms with E-state index in [2.05, 4.69) is 6.92 Å². The average Bonchev–Trinajstić information content (AvgIpc) is 2.92. The van der Waals surface area contributed by atoms with Crippen LogP contribution in [0, 0.1) is 11.8 Å². The van der Waals surface area contributed by atoms with Crippen molar-refractivity contribution >= 4 is 23.2 Å². The van der Waals surface area contributed by atoms with Gasteiger partial charge in [-0.15, -0.1) is 11.3 Å². The van der Waals surface area contributed by atoms with Gasteiger partial charge in [0.25, 0.3) is 0 Å². The van der Waals surface area contributed by atoms with E-state index in [9.17, 15) is 9.59 Å². The van der Waals surface area contributed by atoms with Crippen LogP contribution in [0.5, 0.6) is 0 Å². The molecule has 0 aliphatic carbocycles.